The van der Waals surface area contributed by atoms with Crippen LogP contribution < -0.4 is 5.32 Å². The molecule has 0 saturated heterocycles. The fourth-order valence-corrected chi connectivity index (χ4v) is 2.55. The number of amides is 1. The SMILES string of the molecule is Cc1nc2cc(C(=O)NC(CCO)C(C)(C)C)ccc2n1C. The van der Waals surface area contributed by atoms with Gasteiger partial charge in [0, 0.05) is 25.3 Å². The van der Waals surface area contributed by atoms with Crippen LogP contribution in [0.5, 0.6) is 0 Å². The van der Waals surface area contributed by atoms with Crippen LogP contribution in [0.25, 0.3) is 11.0 Å². The van der Waals surface area contributed by atoms with Gasteiger partial charge in [0.2, 0.25) is 0 Å². The first-order valence-electron chi connectivity index (χ1n) is 7.59. The summed E-state index contributed by atoms with van der Waals surface area (Å²) in [5.74, 6) is 0.791. The number of nitrogens with zero attached hydrogens (tertiary/aromatic N) is 2. The van der Waals surface area contributed by atoms with Gasteiger partial charge in [0.15, 0.2) is 0 Å². The fourth-order valence-electron chi connectivity index (χ4n) is 2.55. The largest absolute Gasteiger partial charge is 0.396 e. The van der Waals surface area contributed by atoms with E-state index in [1.165, 1.54) is 0 Å². The van der Waals surface area contributed by atoms with E-state index in [1.807, 2.05) is 36.7 Å². The van der Waals surface area contributed by atoms with E-state index in [9.17, 15) is 9.90 Å². The molecule has 120 valence electrons. The van der Waals surface area contributed by atoms with Gasteiger partial charge < -0.3 is 15.0 Å². The van der Waals surface area contributed by atoms with Crippen molar-refractivity contribution in [2.45, 2.75) is 40.2 Å². The van der Waals surface area contributed by atoms with Crippen molar-refractivity contribution in [2.24, 2.45) is 12.5 Å². The first-order valence-corrected chi connectivity index (χ1v) is 7.59. The maximum atomic E-state index is 12.5. The molecule has 2 rings (SSSR count). The number of fused-ring (bicyclic) bond motifs is 1. The minimum Gasteiger partial charge on any atom is -0.396 e. The summed E-state index contributed by atoms with van der Waals surface area (Å²) in [6, 6.07) is 5.47. The number of aliphatic hydroxyl groups excluding tert-OH is 1. The molecule has 5 heteroatoms. The summed E-state index contributed by atoms with van der Waals surface area (Å²) in [4.78, 5) is 16.9. The minimum atomic E-state index is -0.126. The van der Waals surface area contributed by atoms with E-state index in [1.54, 1.807) is 0 Å². The first kappa shape index (κ1) is 16.5. The monoisotopic (exact) mass is 303 g/mol. The van der Waals surface area contributed by atoms with Crippen LogP contribution in [0.4, 0.5) is 0 Å². The van der Waals surface area contributed by atoms with Gasteiger partial charge in [-0.3, -0.25) is 4.79 Å². The molecule has 2 aromatic rings. The lowest BCUT2D eigenvalue weighted by Crippen LogP contribution is -2.44. The molecule has 0 bridgehead atoms. The van der Waals surface area contributed by atoms with Crippen molar-refractivity contribution < 1.29 is 9.90 Å². The highest BCUT2D eigenvalue weighted by Crippen LogP contribution is 2.22. The predicted octanol–water partition coefficient (Wildman–Crippen LogP) is 2.41. The molecule has 1 aromatic carbocycles. The Labute approximate surface area is 131 Å². The highest BCUT2D eigenvalue weighted by molar-refractivity contribution is 5.97. The van der Waals surface area contributed by atoms with Crippen molar-refractivity contribution in [3.63, 3.8) is 0 Å². The molecule has 1 aromatic heterocycles. The van der Waals surface area contributed by atoms with E-state index in [0.717, 1.165) is 16.9 Å². The predicted molar refractivity (Wildman–Crippen MR) is 87.9 cm³/mol. The second kappa shape index (κ2) is 6.08. The van der Waals surface area contributed by atoms with Crippen LogP contribution in [-0.4, -0.2) is 33.2 Å². The average Bonchev–Trinajstić information content (AvgIpc) is 2.72. The molecule has 1 amide bonds. The fraction of sp³-hybridized carbons (Fsp3) is 0.529. The lowest BCUT2D eigenvalue weighted by Gasteiger charge is -2.31. The van der Waals surface area contributed by atoms with E-state index in [2.05, 4.69) is 31.1 Å². The Morgan fingerprint density at radius 3 is 2.68 bits per heavy atom. The third kappa shape index (κ3) is 3.30. The smallest absolute Gasteiger partial charge is 0.251 e. The van der Waals surface area contributed by atoms with Gasteiger partial charge in [0.25, 0.3) is 5.91 Å². The minimum absolute atomic E-state index is 0.0562. The van der Waals surface area contributed by atoms with Crippen molar-refractivity contribution in [3.8, 4) is 0 Å². The van der Waals surface area contributed by atoms with Gasteiger partial charge in [-0.15, -0.1) is 0 Å². The number of carbonyl (C=O) groups is 1. The molecule has 1 atom stereocenters. The average molecular weight is 303 g/mol. The van der Waals surface area contributed by atoms with Gasteiger partial charge in [-0.25, -0.2) is 4.98 Å². The van der Waals surface area contributed by atoms with Crippen LogP contribution >= 0.6 is 0 Å². The Morgan fingerprint density at radius 1 is 1.41 bits per heavy atom. The van der Waals surface area contributed by atoms with Crippen LogP contribution in [0.3, 0.4) is 0 Å². The lowest BCUT2D eigenvalue weighted by molar-refractivity contribution is 0.0885. The number of hydrogen-bond donors (Lipinski definition) is 2. The maximum absolute atomic E-state index is 12.5. The summed E-state index contributed by atoms with van der Waals surface area (Å²) < 4.78 is 2.00. The van der Waals surface area contributed by atoms with Crippen molar-refractivity contribution in [2.75, 3.05) is 6.61 Å². The number of hydrogen-bond acceptors (Lipinski definition) is 3. The second-order valence-corrected chi connectivity index (χ2v) is 6.83. The van der Waals surface area contributed by atoms with Gasteiger partial charge in [-0.1, -0.05) is 20.8 Å². The molecule has 0 fully saturated rings. The second-order valence-electron chi connectivity index (χ2n) is 6.83. The van der Waals surface area contributed by atoms with Crippen LogP contribution in [0, 0.1) is 12.3 Å². The summed E-state index contributed by atoms with van der Waals surface area (Å²) in [5.41, 5.74) is 2.32. The molecule has 0 radical (unpaired) electrons. The highest BCUT2D eigenvalue weighted by Gasteiger charge is 2.26. The normalized spacial score (nSPS) is 13.4. The first-order chi connectivity index (χ1) is 10.2. The summed E-state index contributed by atoms with van der Waals surface area (Å²) in [5, 5.41) is 12.2. The highest BCUT2D eigenvalue weighted by atomic mass is 16.3. The number of rotatable bonds is 4. The number of aromatic nitrogens is 2. The number of benzene rings is 1. The number of aryl methyl sites for hydroxylation is 2. The summed E-state index contributed by atoms with van der Waals surface area (Å²) in [6.45, 7) is 8.16. The van der Waals surface area contributed by atoms with Gasteiger partial charge in [0.05, 0.1) is 11.0 Å². The molecule has 0 saturated carbocycles. The van der Waals surface area contributed by atoms with Gasteiger partial charge >= 0.3 is 0 Å². The molecule has 0 aliphatic rings. The molecular weight excluding hydrogens is 278 g/mol. The molecule has 1 unspecified atom stereocenters. The van der Waals surface area contributed by atoms with Crippen molar-refractivity contribution >= 4 is 16.9 Å². The van der Waals surface area contributed by atoms with E-state index in [0.29, 0.717) is 12.0 Å². The molecule has 0 aliphatic carbocycles. The molecule has 1 heterocycles. The van der Waals surface area contributed by atoms with Gasteiger partial charge in [0.1, 0.15) is 5.82 Å². The van der Waals surface area contributed by atoms with Crippen LogP contribution in [0.15, 0.2) is 18.2 Å². The van der Waals surface area contributed by atoms with Crippen LogP contribution in [0.2, 0.25) is 0 Å². The van der Waals surface area contributed by atoms with E-state index in [-0.39, 0.29) is 24.0 Å². The topological polar surface area (TPSA) is 67.2 Å². The van der Waals surface area contributed by atoms with Gasteiger partial charge in [-0.05, 0) is 37.0 Å². The Kier molecular flexibility index (Phi) is 4.56. The maximum Gasteiger partial charge on any atom is 0.251 e. The Hall–Kier alpha value is -1.88. The Morgan fingerprint density at radius 2 is 2.09 bits per heavy atom. The molecule has 0 aliphatic heterocycles. The van der Waals surface area contributed by atoms with Crippen molar-refractivity contribution in [3.05, 3.63) is 29.6 Å². The molecular formula is C17H25N3O2. The van der Waals surface area contributed by atoms with Gasteiger partial charge in [-0.2, -0.15) is 0 Å². The zero-order valence-corrected chi connectivity index (χ0v) is 14.0. The number of aliphatic hydroxyl groups is 1. The van der Waals surface area contributed by atoms with E-state index < -0.39 is 0 Å². The number of nitrogens with one attached hydrogen (secondary N) is 1. The number of carbonyl (C=O) groups excluding carboxylic acids is 1. The summed E-state index contributed by atoms with van der Waals surface area (Å²) in [7, 11) is 1.96. The van der Waals surface area contributed by atoms with Crippen molar-refractivity contribution in [1.82, 2.24) is 14.9 Å². The zero-order chi connectivity index (χ0) is 16.5. The molecule has 2 N–H and O–H groups in total. The number of imidazole rings is 1. The summed E-state index contributed by atoms with van der Waals surface area (Å²) in [6.07, 6.45) is 0.542. The Balaban J connectivity index is 2.25. The quantitative estimate of drug-likeness (QED) is 0.911. The molecule has 0 spiro atoms. The van der Waals surface area contributed by atoms with E-state index in [4.69, 9.17) is 0 Å². The standard InChI is InChI=1S/C17H25N3O2/c1-11-18-13-10-12(6-7-14(13)20(11)5)16(22)19-15(8-9-21)17(2,3)4/h6-7,10,15,21H,8-9H2,1-5H3,(H,19,22). The lowest BCUT2D eigenvalue weighted by atomic mass is 9.84. The van der Waals surface area contributed by atoms with Crippen molar-refractivity contribution in [1.29, 1.82) is 0 Å². The van der Waals surface area contributed by atoms with E-state index >= 15 is 0 Å². The third-order valence-electron chi connectivity index (χ3n) is 4.14. The third-order valence-corrected chi connectivity index (χ3v) is 4.14. The summed E-state index contributed by atoms with van der Waals surface area (Å²) >= 11 is 0. The van der Waals surface area contributed by atoms with Crippen LogP contribution in [-0.2, 0) is 7.05 Å². The van der Waals surface area contributed by atoms with Crippen LogP contribution in [0.1, 0.15) is 43.4 Å². The zero-order valence-electron chi connectivity index (χ0n) is 14.0. The molecule has 22 heavy (non-hydrogen) atoms. The Bertz CT molecular complexity index is 683. The molecule has 5 nitrogen and oxygen atoms in total.